The largest absolute Gasteiger partial charge is 0.456 e. The van der Waals surface area contributed by atoms with Crippen LogP contribution in [-0.2, 0) is 0 Å². The van der Waals surface area contributed by atoms with Crippen molar-refractivity contribution in [1.82, 2.24) is 4.73 Å². The van der Waals surface area contributed by atoms with Gasteiger partial charge in [-0.3, -0.25) is 4.79 Å². The molecule has 0 atom stereocenters. The average Bonchev–Trinajstić information content (AvgIpc) is 2.77. The van der Waals surface area contributed by atoms with Crippen LogP contribution >= 0.6 is 0 Å². The molecule has 30 heavy (non-hydrogen) atoms. The van der Waals surface area contributed by atoms with E-state index < -0.39 is 5.91 Å². The summed E-state index contributed by atoms with van der Waals surface area (Å²) in [5.41, 5.74) is 0.233. The third-order valence-corrected chi connectivity index (χ3v) is 4.18. The summed E-state index contributed by atoms with van der Waals surface area (Å²) < 4.78 is 12.7. The number of aromatic nitrogens is 1. The first-order valence-electron chi connectivity index (χ1n) is 9.25. The van der Waals surface area contributed by atoms with Crippen LogP contribution in [0.1, 0.15) is 10.4 Å². The summed E-state index contributed by atoms with van der Waals surface area (Å²) in [7, 11) is 0. The van der Waals surface area contributed by atoms with Crippen LogP contribution in [0.25, 0.3) is 0 Å². The molecule has 1 N–H and O–H groups in total. The standard InChI is InChI=1S/C24H18N2O4/c27-24(25-22-16-7-8-17-26(22)28)23-20(29-18-10-3-1-4-11-18)14-9-15-21(23)30-19-12-5-2-6-13-19/h1-17,28H. The number of nitrogens with zero attached hydrogens (tertiary/aromatic N) is 2. The Kier molecular flexibility index (Phi) is 5.57. The third kappa shape index (κ3) is 4.39. The molecule has 0 aliphatic rings. The number of benzene rings is 3. The van der Waals surface area contributed by atoms with E-state index in [4.69, 9.17) is 9.47 Å². The Morgan fingerprint density at radius 3 is 1.77 bits per heavy atom. The molecule has 3 aromatic carbocycles. The Labute approximate surface area is 172 Å². The Morgan fingerprint density at radius 1 is 0.700 bits per heavy atom. The van der Waals surface area contributed by atoms with E-state index in [0.717, 1.165) is 4.73 Å². The van der Waals surface area contributed by atoms with Gasteiger partial charge in [-0.2, -0.15) is 9.72 Å². The summed E-state index contributed by atoms with van der Waals surface area (Å²) in [4.78, 5) is 17.2. The zero-order valence-electron chi connectivity index (χ0n) is 15.9. The van der Waals surface area contributed by atoms with Gasteiger partial charge in [-0.15, -0.1) is 0 Å². The molecular formula is C24H18N2O4. The highest BCUT2D eigenvalue weighted by molar-refractivity contribution is 6.00. The molecule has 1 aromatic heterocycles. The zero-order chi connectivity index (χ0) is 20.8. The topological polar surface area (TPSA) is 73.1 Å². The van der Waals surface area contributed by atoms with Crippen molar-refractivity contribution >= 4 is 5.91 Å². The first kappa shape index (κ1) is 19.0. The molecule has 0 saturated heterocycles. The number of carbonyl (C=O) groups excluding carboxylic acids is 1. The highest BCUT2D eigenvalue weighted by Gasteiger charge is 2.20. The lowest BCUT2D eigenvalue weighted by Gasteiger charge is -2.14. The molecule has 4 rings (SSSR count). The van der Waals surface area contributed by atoms with Crippen molar-refractivity contribution in [2.75, 3.05) is 0 Å². The van der Waals surface area contributed by atoms with Gasteiger partial charge in [-0.05, 0) is 48.5 Å². The lowest BCUT2D eigenvalue weighted by Crippen LogP contribution is -2.19. The zero-order valence-corrected chi connectivity index (χ0v) is 15.9. The lowest BCUT2D eigenvalue weighted by molar-refractivity contribution is 0.0983. The molecule has 6 nitrogen and oxygen atoms in total. The van der Waals surface area contributed by atoms with Crippen LogP contribution in [0.4, 0.5) is 0 Å². The van der Waals surface area contributed by atoms with Crippen LogP contribution in [0.5, 0.6) is 23.0 Å². The van der Waals surface area contributed by atoms with Gasteiger partial charge in [0.1, 0.15) is 28.6 Å². The van der Waals surface area contributed by atoms with E-state index in [1.54, 1.807) is 54.6 Å². The van der Waals surface area contributed by atoms with Gasteiger partial charge in [0.15, 0.2) is 5.49 Å². The molecular weight excluding hydrogens is 380 g/mol. The number of carbonyl (C=O) groups is 1. The maximum absolute atomic E-state index is 13.1. The second-order valence-corrected chi connectivity index (χ2v) is 6.28. The van der Waals surface area contributed by atoms with Crippen molar-refractivity contribution in [3.63, 3.8) is 0 Å². The molecule has 148 valence electrons. The summed E-state index contributed by atoms with van der Waals surface area (Å²) in [6, 6.07) is 28.1. The summed E-state index contributed by atoms with van der Waals surface area (Å²) in [5.74, 6) is 1.12. The highest BCUT2D eigenvalue weighted by Crippen LogP contribution is 2.35. The van der Waals surface area contributed by atoms with Crippen molar-refractivity contribution in [3.05, 3.63) is 114 Å². The molecule has 4 aromatic rings. The summed E-state index contributed by atoms with van der Waals surface area (Å²) in [5, 5.41) is 9.92. The summed E-state index contributed by atoms with van der Waals surface area (Å²) in [6.07, 6.45) is 1.39. The van der Waals surface area contributed by atoms with Gasteiger partial charge < -0.3 is 14.7 Å². The van der Waals surface area contributed by atoms with Crippen LogP contribution in [0.2, 0.25) is 0 Å². The molecule has 0 spiro atoms. The molecule has 1 amide bonds. The second-order valence-electron chi connectivity index (χ2n) is 6.28. The molecule has 0 unspecified atom stereocenters. The smallest absolute Gasteiger partial charge is 0.286 e. The molecule has 0 bridgehead atoms. The minimum Gasteiger partial charge on any atom is -0.456 e. The number of ether oxygens (including phenoxy) is 2. The number of hydrogen-bond acceptors (Lipinski definition) is 4. The van der Waals surface area contributed by atoms with Crippen molar-refractivity contribution in [3.8, 4) is 23.0 Å². The molecule has 0 fully saturated rings. The molecule has 1 heterocycles. The third-order valence-electron chi connectivity index (χ3n) is 4.18. The number of para-hydroxylation sites is 2. The minimum absolute atomic E-state index is 0.0858. The first-order chi connectivity index (χ1) is 14.7. The normalized spacial score (nSPS) is 11.1. The Morgan fingerprint density at radius 2 is 1.23 bits per heavy atom. The van der Waals surface area contributed by atoms with Crippen LogP contribution in [0.15, 0.2) is 108 Å². The maximum Gasteiger partial charge on any atom is 0.286 e. The summed E-state index contributed by atoms with van der Waals surface area (Å²) in [6.45, 7) is 0. The monoisotopic (exact) mass is 398 g/mol. The second kappa shape index (κ2) is 8.79. The molecule has 0 radical (unpaired) electrons. The number of amides is 1. The SMILES string of the molecule is O=C(N=c1ccccn1O)c1c(Oc2ccccc2)cccc1Oc1ccccc1. The fraction of sp³-hybridized carbons (Fsp3) is 0. The number of hydrogen-bond donors (Lipinski definition) is 1. The van der Waals surface area contributed by atoms with Crippen LogP contribution < -0.4 is 15.0 Å². The Bertz CT molecular complexity index is 1160. The highest BCUT2D eigenvalue weighted by atomic mass is 16.5. The van der Waals surface area contributed by atoms with Crippen molar-refractivity contribution in [2.24, 2.45) is 4.99 Å². The first-order valence-corrected chi connectivity index (χ1v) is 9.25. The minimum atomic E-state index is -0.610. The van der Waals surface area contributed by atoms with Gasteiger partial charge in [0.25, 0.3) is 5.91 Å². The van der Waals surface area contributed by atoms with Crippen LogP contribution in [-0.4, -0.2) is 15.8 Å². The van der Waals surface area contributed by atoms with E-state index >= 15 is 0 Å². The predicted molar refractivity (Wildman–Crippen MR) is 111 cm³/mol. The van der Waals surface area contributed by atoms with Crippen molar-refractivity contribution in [2.45, 2.75) is 0 Å². The average molecular weight is 398 g/mol. The van der Waals surface area contributed by atoms with Crippen molar-refractivity contribution < 1.29 is 19.5 Å². The fourth-order valence-corrected chi connectivity index (χ4v) is 2.80. The van der Waals surface area contributed by atoms with Gasteiger partial charge in [-0.25, -0.2) is 0 Å². The van der Waals surface area contributed by atoms with E-state index in [1.807, 2.05) is 36.4 Å². The van der Waals surface area contributed by atoms with Crippen LogP contribution in [0, 0.1) is 0 Å². The van der Waals surface area contributed by atoms with E-state index in [1.165, 1.54) is 12.3 Å². The lowest BCUT2D eigenvalue weighted by atomic mass is 10.1. The molecule has 0 saturated carbocycles. The molecule has 0 aliphatic heterocycles. The number of rotatable bonds is 5. The summed E-state index contributed by atoms with van der Waals surface area (Å²) >= 11 is 0. The van der Waals surface area contributed by atoms with E-state index in [0.29, 0.717) is 23.0 Å². The predicted octanol–water partition coefficient (Wildman–Crippen LogP) is 5.05. The van der Waals surface area contributed by atoms with Gasteiger partial charge in [0.2, 0.25) is 0 Å². The molecule has 0 aliphatic carbocycles. The van der Waals surface area contributed by atoms with E-state index in [-0.39, 0.29) is 11.1 Å². The van der Waals surface area contributed by atoms with Gasteiger partial charge in [0, 0.05) is 6.20 Å². The van der Waals surface area contributed by atoms with Crippen LogP contribution in [0.3, 0.4) is 0 Å². The Balaban J connectivity index is 1.80. The van der Waals surface area contributed by atoms with E-state index in [9.17, 15) is 10.0 Å². The number of pyridine rings is 1. The van der Waals surface area contributed by atoms with Gasteiger partial charge in [-0.1, -0.05) is 48.5 Å². The van der Waals surface area contributed by atoms with Gasteiger partial charge >= 0.3 is 0 Å². The quantitative estimate of drug-likeness (QED) is 0.478. The van der Waals surface area contributed by atoms with E-state index in [2.05, 4.69) is 4.99 Å². The fourth-order valence-electron chi connectivity index (χ4n) is 2.80. The molecule has 6 heteroatoms. The van der Waals surface area contributed by atoms with Gasteiger partial charge in [0.05, 0.1) is 0 Å². The Hall–Kier alpha value is -4.32. The van der Waals surface area contributed by atoms with Crippen molar-refractivity contribution in [1.29, 1.82) is 0 Å². The maximum atomic E-state index is 13.1.